The zero-order valence-electron chi connectivity index (χ0n) is 13.5. The zero-order chi connectivity index (χ0) is 16.6. The Morgan fingerprint density at radius 1 is 1.17 bits per heavy atom. The third kappa shape index (κ3) is 2.44. The molecule has 0 N–H and O–H groups in total. The lowest BCUT2D eigenvalue weighted by atomic mass is 9.92. The van der Waals surface area contributed by atoms with Crippen molar-refractivity contribution in [3.05, 3.63) is 64.7 Å². The Hall–Kier alpha value is -2.80. The Bertz CT molecular complexity index is 801. The van der Waals surface area contributed by atoms with Crippen LogP contribution in [0.2, 0.25) is 0 Å². The Morgan fingerprint density at radius 3 is 2.48 bits per heavy atom. The molecule has 1 aliphatic rings. The third-order valence-electron chi connectivity index (χ3n) is 4.46. The number of hydrogen-bond acceptors (Lipinski definition) is 3. The first kappa shape index (κ1) is 15.1. The zero-order valence-corrected chi connectivity index (χ0v) is 13.5. The first-order chi connectivity index (χ1) is 11.0. The van der Waals surface area contributed by atoms with Gasteiger partial charge in [0.25, 0.3) is 5.91 Å². The van der Waals surface area contributed by atoms with Gasteiger partial charge in [0, 0.05) is 12.1 Å². The van der Waals surface area contributed by atoms with E-state index in [9.17, 15) is 4.79 Å². The summed E-state index contributed by atoms with van der Waals surface area (Å²) >= 11 is 0. The fourth-order valence-electron chi connectivity index (χ4n) is 3.03. The summed E-state index contributed by atoms with van der Waals surface area (Å²) in [7, 11) is 1.63. The van der Waals surface area contributed by atoms with Gasteiger partial charge in [0.05, 0.1) is 24.3 Å². The van der Waals surface area contributed by atoms with Crippen molar-refractivity contribution in [2.75, 3.05) is 7.11 Å². The van der Waals surface area contributed by atoms with Crippen LogP contribution in [0.3, 0.4) is 0 Å². The van der Waals surface area contributed by atoms with E-state index < -0.39 is 5.54 Å². The number of nitrogens with zero attached hydrogens (tertiary/aromatic N) is 2. The molecule has 0 atom stereocenters. The van der Waals surface area contributed by atoms with Gasteiger partial charge in [-0.1, -0.05) is 12.1 Å². The van der Waals surface area contributed by atoms with E-state index in [4.69, 9.17) is 10.00 Å². The van der Waals surface area contributed by atoms with E-state index in [2.05, 4.69) is 6.07 Å². The summed E-state index contributed by atoms with van der Waals surface area (Å²) in [4.78, 5) is 14.6. The van der Waals surface area contributed by atoms with Crippen LogP contribution in [0.15, 0.2) is 42.5 Å². The number of nitriles is 1. The predicted molar refractivity (Wildman–Crippen MR) is 87.1 cm³/mol. The molecule has 0 aliphatic carbocycles. The molecule has 2 aromatic rings. The molecule has 3 rings (SSSR count). The number of benzene rings is 2. The molecule has 0 saturated heterocycles. The smallest absolute Gasteiger partial charge is 0.255 e. The first-order valence-corrected chi connectivity index (χ1v) is 7.47. The van der Waals surface area contributed by atoms with E-state index >= 15 is 0 Å². The van der Waals surface area contributed by atoms with Crippen LogP contribution in [0, 0.1) is 11.3 Å². The number of hydrogen-bond donors (Lipinski definition) is 0. The highest BCUT2D eigenvalue weighted by atomic mass is 16.5. The van der Waals surface area contributed by atoms with Crippen molar-refractivity contribution in [3.8, 4) is 11.8 Å². The summed E-state index contributed by atoms with van der Waals surface area (Å²) < 4.78 is 5.17. The highest BCUT2D eigenvalue weighted by Crippen LogP contribution is 2.40. The van der Waals surface area contributed by atoms with Crippen LogP contribution < -0.4 is 4.74 Å². The molecule has 0 radical (unpaired) electrons. The van der Waals surface area contributed by atoms with Gasteiger partial charge >= 0.3 is 0 Å². The summed E-state index contributed by atoms with van der Waals surface area (Å²) in [5.74, 6) is 0.799. The SMILES string of the molecule is COc1ccc(CN2C(=O)c3ccc(C#N)cc3C2(C)C)cc1. The van der Waals surface area contributed by atoms with Crippen molar-refractivity contribution in [2.24, 2.45) is 0 Å². The summed E-state index contributed by atoms with van der Waals surface area (Å²) in [5, 5.41) is 9.10. The minimum Gasteiger partial charge on any atom is -0.497 e. The number of carbonyl (C=O) groups is 1. The van der Waals surface area contributed by atoms with Gasteiger partial charge in [-0.25, -0.2) is 0 Å². The second kappa shape index (κ2) is 5.44. The van der Waals surface area contributed by atoms with Crippen molar-refractivity contribution >= 4 is 5.91 Å². The lowest BCUT2D eigenvalue weighted by Gasteiger charge is -2.32. The molecule has 1 amide bonds. The van der Waals surface area contributed by atoms with Crippen LogP contribution in [-0.4, -0.2) is 17.9 Å². The highest BCUT2D eigenvalue weighted by Gasteiger charge is 2.42. The molecule has 1 aliphatic heterocycles. The predicted octanol–water partition coefficient (Wildman–Crippen LogP) is 3.46. The monoisotopic (exact) mass is 306 g/mol. The summed E-state index contributed by atoms with van der Waals surface area (Å²) in [5.41, 5.74) is 2.77. The van der Waals surface area contributed by atoms with Gasteiger partial charge in [-0.2, -0.15) is 5.26 Å². The molecule has 0 saturated carbocycles. The Labute approximate surface area is 135 Å². The van der Waals surface area contributed by atoms with E-state index in [-0.39, 0.29) is 5.91 Å². The Kier molecular flexibility index (Phi) is 3.57. The number of methoxy groups -OCH3 is 1. The second-order valence-corrected chi connectivity index (χ2v) is 6.17. The Balaban J connectivity index is 1.94. The summed E-state index contributed by atoms with van der Waals surface area (Å²) in [6.07, 6.45) is 0. The fourth-order valence-corrected chi connectivity index (χ4v) is 3.03. The van der Waals surface area contributed by atoms with Crippen LogP contribution in [0.4, 0.5) is 0 Å². The first-order valence-electron chi connectivity index (χ1n) is 7.47. The largest absolute Gasteiger partial charge is 0.497 e. The number of amides is 1. The molecule has 0 fully saturated rings. The quantitative estimate of drug-likeness (QED) is 0.872. The van der Waals surface area contributed by atoms with Crippen LogP contribution in [0.5, 0.6) is 5.75 Å². The molecule has 4 nitrogen and oxygen atoms in total. The van der Waals surface area contributed by atoms with Gasteiger partial charge in [0.1, 0.15) is 5.75 Å². The number of ether oxygens (including phenoxy) is 1. The molecule has 0 bridgehead atoms. The number of carbonyl (C=O) groups excluding carboxylic acids is 1. The van der Waals surface area contributed by atoms with Crippen LogP contribution in [-0.2, 0) is 12.1 Å². The van der Waals surface area contributed by atoms with E-state index in [0.717, 1.165) is 16.9 Å². The van der Waals surface area contributed by atoms with Crippen LogP contribution >= 0.6 is 0 Å². The molecule has 0 unspecified atom stereocenters. The van der Waals surface area contributed by atoms with Gasteiger partial charge in [-0.3, -0.25) is 4.79 Å². The van der Waals surface area contributed by atoms with Gasteiger partial charge in [0.15, 0.2) is 0 Å². The lowest BCUT2D eigenvalue weighted by Crippen LogP contribution is -2.38. The minimum atomic E-state index is -0.445. The van der Waals surface area contributed by atoms with E-state index in [1.165, 1.54) is 0 Å². The second-order valence-electron chi connectivity index (χ2n) is 6.17. The van der Waals surface area contributed by atoms with Crippen molar-refractivity contribution in [3.63, 3.8) is 0 Å². The molecule has 23 heavy (non-hydrogen) atoms. The van der Waals surface area contributed by atoms with Crippen LogP contribution in [0.25, 0.3) is 0 Å². The summed E-state index contributed by atoms with van der Waals surface area (Å²) in [6.45, 7) is 4.55. The Morgan fingerprint density at radius 2 is 1.87 bits per heavy atom. The van der Waals surface area contributed by atoms with Gasteiger partial charge in [-0.05, 0) is 55.3 Å². The maximum absolute atomic E-state index is 12.8. The van der Waals surface area contributed by atoms with Crippen molar-refractivity contribution < 1.29 is 9.53 Å². The maximum Gasteiger partial charge on any atom is 0.255 e. The van der Waals surface area contributed by atoms with Crippen molar-refractivity contribution in [1.82, 2.24) is 4.90 Å². The molecule has 1 heterocycles. The van der Waals surface area contributed by atoms with Crippen LogP contribution in [0.1, 0.15) is 40.9 Å². The maximum atomic E-state index is 12.8. The molecular formula is C19H18N2O2. The number of rotatable bonds is 3. The minimum absolute atomic E-state index is 0.00491. The van der Waals surface area contributed by atoms with Gasteiger partial charge in [-0.15, -0.1) is 0 Å². The van der Waals surface area contributed by atoms with E-state index in [0.29, 0.717) is 17.7 Å². The van der Waals surface area contributed by atoms with Gasteiger partial charge < -0.3 is 9.64 Å². The van der Waals surface area contributed by atoms with E-state index in [1.807, 2.05) is 49.1 Å². The van der Waals surface area contributed by atoms with Crippen molar-refractivity contribution in [1.29, 1.82) is 5.26 Å². The van der Waals surface area contributed by atoms with Crippen molar-refractivity contribution in [2.45, 2.75) is 25.9 Å². The van der Waals surface area contributed by atoms with E-state index in [1.54, 1.807) is 19.2 Å². The molecule has 2 aromatic carbocycles. The highest BCUT2D eigenvalue weighted by molar-refractivity contribution is 6.00. The molecule has 0 aromatic heterocycles. The van der Waals surface area contributed by atoms with Gasteiger partial charge in [0.2, 0.25) is 0 Å². The average molecular weight is 306 g/mol. The normalized spacial score (nSPS) is 15.2. The topological polar surface area (TPSA) is 53.3 Å². The fraction of sp³-hybridized carbons (Fsp3) is 0.263. The molecule has 116 valence electrons. The molecule has 0 spiro atoms. The molecule has 4 heteroatoms. The third-order valence-corrected chi connectivity index (χ3v) is 4.46. The number of fused-ring (bicyclic) bond motifs is 1. The summed E-state index contributed by atoms with van der Waals surface area (Å²) in [6, 6.07) is 15.1. The average Bonchev–Trinajstić information content (AvgIpc) is 2.76. The lowest BCUT2D eigenvalue weighted by molar-refractivity contribution is 0.0595. The molecular weight excluding hydrogens is 288 g/mol. The standard InChI is InChI=1S/C19H18N2O2/c1-19(2)17-10-14(11-20)6-9-16(17)18(22)21(19)12-13-4-7-15(23-3)8-5-13/h4-10H,12H2,1-3H3.